The molecule has 10 heteroatoms. The van der Waals surface area contributed by atoms with Crippen LogP contribution in [-0.4, -0.2) is 38.5 Å². The zero-order valence-corrected chi connectivity index (χ0v) is 20.3. The van der Waals surface area contributed by atoms with E-state index in [0.717, 1.165) is 5.56 Å². The smallest absolute Gasteiger partial charge is 0.259 e. The van der Waals surface area contributed by atoms with Gasteiger partial charge in [-0.3, -0.25) is 9.59 Å². The molecule has 0 spiro atoms. The molecule has 0 aliphatic carbocycles. The second-order valence-corrected chi connectivity index (χ2v) is 8.21. The average Bonchev–Trinajstić information content (AvgIpc) is 3.35. The van der Waals surface area contributed by atoms with Gasteiger partial charge >= 0.3 is 0 Å². The zero-order valence-electron chi connectivity index (χ0n) is 18.7. The number of fused-ring (bicyclic) bond motifs is 1. The van der Waals surface area contributed by atoms with Gasteiger partial charge in [0.15, 0.2) is 23.0 Å². The lowest BCUT2D eigenvalue weighted by atomic mass is 10.2. The van der Waals surface area contributed by atoms with E-state index in [9.17, 15) is 9.59 Å². The highest BCUT2D eigenvalue weighted by atomic mass is 79.9. The van der Waals surface area contributed by atoms with Crippen LogP contribution < -0.4 is 29.7 Å². The third-order valence-corrected chi connectivity index (χ3v) is 5.51. The number of amides is 2. The summed E-state index contributed by atoms with van der Waals surface area (Å²) < 4.78 is 22.5. The van der Waals surface area contributed by atoms with Gasteiger partial charge in [0.25, 0.3) is 11.8 Å². The molecule has 1 heterocycles. The summed E-state index contributed by atoms with van der Waals surface area (Å²) >= 11 is 3.50. The fourth-order valence-electron chi connectivity index (χ4n) is 3.20. The number of methoxy groups -OCH3 is 1. The molecular weight excluding hydrogens is 518 g/mol. The van der Waals surface area contributed by atoms with Crippen molar-refractivity contribution in [3.63, 3.8) is 0 Å². The molecule has 0 unspecified atom stereocenters. The topological polar surface area (TPSA) is 107 Å². The van der Waals surface area contributed by atoms with Gasteiger partial charge in [0.2, 0.25) is 6.79 Å². The Kier molecular flexibility index (Phi) is 7.84. The van der Waals surface area contributed by atoms with Crippen molar-refractivity contribution in [2.75, 3.05) is 20.4 Å². The molecule has 2 N–H and O–H groups in total. The van der Waals surface area contributed by atoms with Gasteiger partial charge in [0.05, 0.1) is 24.3 Å². The van der Waals surface area contributed by atoms with Gasteiger partial charge in [-0.2, -0.15) is 5.10 Å². The summed E-state index contributed by atoms with van der Waals surface area (Å²) in [6.45, 7) is 0.258. The maximum Gasteiger partial charge on any atom is 0.259 e. The third kappa shape index (κ3) is 6.30. The first-order valence-electron chi connectivity index (χ1n) is 10.6. The van der Waals surface area contributed by atoms with Crippen LogP contribution in [0.25, 0.3) is 0 Å². The fraction of sp³-hybridized carbons (Fsp3) is 0.160. The molecule has 3 aromatic carbocycles. The van der Waals surface area contributed by atoms with Gasteiger partial charge in [-0.15, -0.1) is 0 Å². The van der Waals surface area contributed by atoms with E-state index in [-0.39, 0.29) is 13.3 Å². The molecule has 0 atom stereocenters. The Morgan fingerprint density at radius 2 is 1.89 bits per heavy atom. The van der Waals surface area contributed by atoms with Crippen LogP contribution in [0.15, 0.2) is 70.2 Å². The minimum Gasteiger partial charge on any atom is -0.493 e. The SMILES string of the molecule is COc1cc(C=NNC(=O)CNC(=O)c2ccc3c(c2)OCO3)cc(Br)c1OCc1ccccc1. The van der Waals surface area contributed by atoms with Crippen LogP contribution in [0.2, 0.25) is 0 Å². The summed E-state index contributed by atoms with van der Waals surface area (Å²) in [5, 5.41) is 6.49. The Morgan fingerprint density at radius 3 is 2.69 bits per heavy atom. The number of hydrazone groups is 1. The van der Waals surface area contributed by atoms with Gasteiger partial charge in [0, 0.05) is 5.56 Å². The normalized spacial score (nSPS) is 11.8. The van der Waals surface area contributed by atoms with Crippen LogP contribution in [0.3, 0.4) is 0 Å². The summed E-state index contributed by atoms with van der Waals surface area (Å²) in [5.41, 5.74) is 4.44. The standard InChI is InChI=1S/C25H22BrN3O6/c1-32-22-10-17(9-19(26)24(22)33-14-16-5-3-2-4-6-16)12-28-29-23(30)13-27-25(31)18-7-8-20-21(11-18)35-15-34-20/h2-12H,13-15H2,1H3,(H,27,31)(H,29,30). The zero-order chi connectivity index (χ0) is 24.6. The number of carbonyl (C=O) groups is 2. The number of halogens is 1. The molecule has 3 aromatic rings. The monoisotopic (exact) mass is 539 g/mol. The first-order chi connectivity index (χ1) is 17.0. The molecule has 0 fully saturated rings. The number of hydrogen-bond donors (Lipinski definition) is 2. The minimum absolute atomic E-state index is 0.118. The lowest BCUT2D eigenvalue weighted by Gasteiger charge is -2.13. The number of nitrogens with one attached hydrogen (secondary N) is 2. The van der Waals surface area contributed by atoms with Crippen molar-refractivity contribution < 1.29 is 28.5 Å². The molecular formula is C25H22BrN3O6. The van der Waals surface area contributed by atoms with Crippen LogP contribution in [0.1, 0.15) is 21.5 Å². The van der Waals surface area contributed by atoms with E-state index in [1.807, 2.05) is 30.3 Å². The van der Waals surface area contributed by atoms with Gasteiger partial charge in [0.1, 0.15) is 6.61 Å². The highest BCUT2D eigenvalue weighted by Gasteiger charge is 2.16. The summed E-state index contributed by atoms with van der Waals surface area (Å²) in [7, 11) is 1.54. The predicted molar refractivity (Wildman–Crippen MR) is 132 cm³/mol. The molecule has 1 aliphatic heterocycles. The van der Waals surface area contributed by atoms with E-state index < -0.39 is 11.8 Å². The van der Waals surface area contributed by atoms with Crippen molar-refractivity contribution in [1.29, 1.82) is 0 Å². The number of benzene rings is 3. The van der Waals surface area contributed by atoms with Crippen molar-refractivity contribution in [2.45, 2.75) is 6.61 Å². The lowest BCUT2D eigenvalue weighted by molar-refractivity contribution is -0.120. The number of ether oxygens (including phenoxy) is 4. The van der Waals surface area contributed by atoms with Crippen LogP contribution in [0.5, 0.6) is 23.0 Å². The van der Waals surface area contributed by atoms with Crippen molar-refractivity contribution >= 4 is 34.0 Å². The van der Waals surface area contributed by atoms with Crippen molar-refractivity contribution in [1.82, 2.24) is 10.7 Å². The third-order valence-electron chi connectivity index (χ3n) is 4.92. The largest absolute Gasteiger partial charge is 0.493 e. The highest BCUT2D eigenvalue weighted by Crippen LogP contribution is 2.37. The Morgan fingerprint density at radius 1 is 1.09 bits per heavy atom. The van der Waals surface area contributed by atoms with E-state index in [4.69, 9.17) is 18.9 Å². The van der Waals surface area contributed by atoms with Crippen LogP contribution in [-0.2, 0) is 11.4 Å². The molecule has 1 aliphatic rings. The number of hydrogen-bond acceptors (Lipinski definition) is 7. The number of rotatable bonds is 9. The first-order valence-corrected chi connectivity index (χ1v) is 11.4. The highest BCUT2D eigenvalue weighted by molar-refractivity contribution is 9.10. The van der Waals surface area contributed by atoms with Crippen LogP contribution >= 0.6 is 15.9 Å². The fourth-order valence-corrected chi connectivity index (χ4v) is 3.78. The predicted octanol–water partition coefficient (Wildman–Crippen LogP) is 3.65. The molecule has 35 heavy (non-hydrogen) atoms. The first kappa shape index (κ1) is 24.1. The molecule has 180 valence electrons. The molecule has 9 nitrogen and oxygen atoms in total. The second-order valence-electron chi connectivity index (χ2n) is 7.35. The maximum atomic E-state index is 12.3. The summed E-state index contributed by atoms with van der Waals surface area (Å²) in [6.07, 6.45) is 1.46. The van der Waals surface area contributed by atoms with Gasteiger partial charge < -0.3 is 24.3 Å². The summed E-state index contributed by atoms with van der Waals surface area (Å²) in [4.78, 5) is 24.4. The number of carbonyl (C=O) groups excluding carboxylic acids is 2. The minimum atomic E-state index is -0.482. The summed E-state index contributed by atoms with van der Waals surface area (Å²) in [6, 6.07) is 18.1. The number of nitrogens with zero attached hydrogens (tertiary/aromatic N) is 1. The Balaban J connectivity index is 1.29. The van der Waals surface area contributed by atoms with Crippen molar-refractivity contribution in [3.05, 3.63) is 81.8 Å². The van der Waals surface area contributed by atoms with Gasteiger partial charge in [-0.25, -0.2) is 5.43 Å². The van der Waals surface area contributed by atoms with E-state index in [1.54, 1.807) is 37.4 Å². The quantitative estimate of drug-likeness (QED) is 0.317. The van der Waals surface area contributed by atoms with Crippen molar-refractivity contribution in [3.8, 4) is 23.0 Å². The van der Waals surface area contributed by atoms with Crippen LogP contribution in [0, 0.1) is 0 Å². The molecule has 0 radical (unpaired) electrons. The van der Waals surface area contributed by atoms with Crippen molar-refractivity contribution in [2.24, 2.45) is 5.10 Å². The van der Waals surface area contributed by atoms with Gasteiger partial charge in [-0.05, 0) is 57.4 Å². The second kappa shape index (κ2) is 11.4. The maximum absolute atomic E-state index is 12.3. The Bertz CT molecular complexity index is 1250. The van der Waals surface area contributed by atoms with Gasteiger partial charge in [-0.1, -0.05) is 30.3 Å². The Hall–Kier alpha value is -4.05. The molecule has 0 bridgehead atoms. The van der Waals surface area contributed by atoms with E-state index in [0.29, 0.717) is 45.2 Å². The average molecular weight is 540 g/mol. The molecule has 4 rings (SSSR count). The molecule has 0 aromatic heterocycles. The van der Waals surface area contributed by atoms with E-state index in [2.05, 4.69) is 31.8 Å². The lowest BCUT2D eigenvalue weighted by Crippen LogP contribution is -2.34. The Labute approximate surface area is 210 Å². The molecule has 0 saturated carbocycles. The van der Waals surface area contributed by atoms with E-state index >= 15 is 0 Å². The molecule has 2 amide bonds. The summed E-state index contributed by atoms with van der Waals surface area (Å²) in [5.74, 6) is 1.24. The van der Waals surface area contributed by atoms with E-state index in [1.165, 1.54) is 6.21 Å². The van der Waals surface area contributed by atoms with Crippen LogP contribution in [0.4, 0.5) is 0 Å². The molecule has 0 saturated heterocycles.